The number of benzene rings is 1. The van der Waals surface area contributed by atoms with E-state index in [4.69, 9.17) is 0 Å². The van der Waals surface area contributed by atoms with Gasteiger partial charge in [-0.1, -0.05) is 30.3 Å². The molecule has 0 aliphatic carbocycles. The molecule has 1 saturated heterocycles. The van der Waals surface area contributed by atoms with Crippen molar-refractivity contribution in [3.05, 3.63) is 35.9 Å². The van der Waals surface area contributed by atoms with E-state index in [0.29, 0.717) is 6.54 Å². The summed E-state index contributed by atoms with van der Waals surface area (Å²) in [6.07, 6.45) is 1.36. The lowest BCUT2D eigenvalue weighted by Gasteiger charge is -2.32. The summed E-state index contributed by atoms with van der Waals surface area (Å²) in [7, 11) is 0. The average Bonchev–Trinajstić information content (AvgIpc) is 2.38. The van der Waals surface area contributed by atoms with Crippen molar-refractivity contribution >= 4 is 5.91 Å². The molecule has 3 heteroatoms. The topological polar surface area (TPSA) is 40.5 Å². The number of rotatable bonds is 2. The van der Waals surface area contributed by atoms with Crippen molar-refractivity contribution in [3.8, 4) is 0 Å². The van der Waals surface area contributed by atoms with Crippen molar-refractivity contribution in [1.29, 1.82) is 0 Å². The second kappa shape index (κ2) is 5.32. The van der Waals surface area contributed by atoms with Gasteiger partial charge in [0.1, 0.15) is 0 Å². The highest BCUT2D eigenvalue weighted by Gasteiger charge is 2.26. The van der Waals surface area contributed by atoms with Gasteiger partial charge in [0, 0.05) is 13.1 Å². The number of aliphatic hydroxyl groups is 1. The molecule has 92 valence electrons. The molecule has 1 aliphatic heterocycles. The van der Waals surface area contributed by atoms with E-state index in [1.165, 1.54) is 0 Å². The molecular weight excluding hydrogens is 214 g/mol. The average molecular weight is 233 g/mol. The largest absolute Gasteiger partial charge is 0.391 e. The molecule has 0 spiro atoms. The van der Waals surface area contributed by atoms with Gasteiger partial charge in [0.05, 0.1) is 12.0 Å². The van der Waals surface area contributed by atoms with Crippen LogP contribution in [0.15, 0.2) is 30.3 Å². The standard InChI is InChI=1S/C14H19NO2/c1-11(12-6-3-2-4-7-12)14(17)15-9-5-8-13(16)10-15/h2-4,6-7,11,13,16H,5,8-10H2,1H3. The van der Waals surface area contributed by atoms with E-state index in [1.54, 1.807) is 4.90 Å². The van der Waals surface area contributed by atoms with E-state index in [1.807, 2.05) is 37.3 Å². The lowest BCUT2D eigenvalue weighted by Crippen LogP contribution is -2.43. The van der Waals surface area contributed by atoms with Crippen LogP contribution in [0.3, 0.4) is 0 Å². The summed E-state index contributed by atoms with van der Waals surface area (Å²) >= 11 is 0. The Bertz CT molecular complexity index is 377. The van der Waals surface area contributed by atoms with Crippen LogP contribution in [-0.2, 0) is 4.79 Å². The van der Waals surface area contributed by atoms with Crippen molar-refractivity contribution < 1.29 is 9.90 Å². The maximum atomic E-state index is 12.3. The van der Waals surface area contributed by atoms with Crippen molar-refractivity contribution in [2.45, 2.75) is 31.8 Å². The van der Waals surface area contributed by atoms with Crippen LogP contribution in [0.1, 0.15) is 31.2 Å². The van der Waals surface area contributed by atoms with Gasteiger partial charge in [-0.15, -0.1) is 0 Å². The molecule has 1 aliphatic rings. The van der Waals surface area contributed by atoms with Gasteiger partial charge in [-0.25, -0.2) is 0 Å². The monoisotopic (exact) mass is 233 g/mol. The second-order valence-corrected chi connectivity index (χ2v) is 4.71. The maximum absolute atomic E-state index is 12.3. The number of β-amino-alcohol motifs (C(OH)–C–C–N with tert-alkyl or cyclic N) is 1. The summed E-state index contributed by atoms with van der Waals surface area (Å²) in [4.78, 5) is 14.0. The molecule has 17 heavy (non-hydrogen) atoms. The van der Waals surface area contributed by atoms with Gasteiger partial charge < -0.3 is 10.0 Å². The molecule has 1 aromatic rings. The Morgan fingerprint density at radius 2 is 2.12 bits per heavy atom. The molecule has 1 heterocycles. The van der Waals surface area contributed by atoms with Gasteiger partial charge >= 0.3 is 0 Å². The number of nitrogens with zero attached hydrogens (tertiary/aromatic N) is 1. The molecule has 2 atom stereocenters. The first-order valence-electron chi connectivity index (χ1n) is 6.20. The highest BCUT2D eigenvalue weighted by molar-refractivity contribution is 5.83. The Hall–Kier alpha value is -1.35. The van der Waals surface area contributed by atoms with E-state index >= 15 is 0 Å². The quantitative estimate of drug-likeness (QED) is 0.845. The van der Waals surface area contributed by atoms with Gasteiger partial charge in [-0.05, 0) is 25.3 Å². The van der Waals surface area contributed by atoms with Crippen LogP contribution in [-0.4, -0.2) is 35.1 Å². The van der Waals surface area contributed by atoms with Gasteiger partial charge in [0.15, 0.2) is 0 Å². The van der Waals surface area contributed by atoms with E-state index in [9.17, 15) is 9.90 Å². The van der Waals surface area contributed by atoms with Crippen LogP contribution in [0.5, 0.6) is 0 Å². The highest BCUT2D eigenvalue weighted by Crippen LogP contribution is 2.20. The number of amides is 1. The Morgan fingerprint density at radius 3 is 2.76 bits per heavy atom. The molecule has 1 aromatic carbocycles. The summed E-state index contributed by atoms with van der Waals surface area (Å²) in [6, 6.07) is 9.80. The molecule has 1 amide bonds. The summed E-state index contributed by atoms with van der Waals surface area (Å²) in [5.74, 6) is -0.00329. The van der Waals surface area contributed by atoms with Crippen LogP contribution < -0.4 is 0 Å². The Morgan fingerprint density at radius 1 is 1.41 bits per heavy atom. The molecule has 0 bridgehead atoms. The molecule has 1 fully saturated rings. The second-order valence-electron chi connectivity index (χ2n) is 4.71. The predicted octanol–water partition coefficient (Wildman–Crippen LogP) is 1.77. The van der Waals surface area contributed by atoms with Crippen LogP contribution >= 0.6 is 0 Å². The van der Waals surface area contributed by atoms with Gasteiger partial charge in [0.25, 0.3) is 0 Å². The molecule has 3 nitrogen and oxygen atoms in total. The minimum absolute atomic E-state index is 0.120. The number of piperidine rings is 1. The number of carbonyl (C=O) groups excluding carboxylic acids is 1. The van der Waals surface area contributed by atoms with Crippen LogP contribution in [0.25, 0.3) is 0 Å². The van der Waals surface area contributed by atoms with Crippen molar-refractivity contribution in [2.24, 2.45) is 0 Å². The van der Waals surface area contributed by atoms with Gasteiger partial charge in [0.2, 0.25) is 5.91 Å². The number of likely N-dealkylation sites (tertiary alicyclic amines) is 1. The zero-order chi connectivity index (χ0) is 12.3. The van der Waals surface area contributed by atoms with Crippen molar-refractivity contribution in [1.82, 2.24) is 4.90 Å². The van der Waals surface area contributed by atoms with Crippen LogP contribution in [0.4, 0.5) is 0 Å². The summed E-state index contributed by atoms with van der Waals surface area (Å²) < 4.78 is 0. The minimum atomic E-state index is -0.351. The maximum Gasteiger partial charge on any atom is 0.229 e. The fraction of sp³-hybridized carbons (Fsp3) is 0.500. The summed E-state index contributed by atoms with van der Waals surface area (Å²) in [5.41, 5.74) is 1.04. The third-order valence-corrected chi connectivity index (χ3v) is 3.38. The molecule has 0 radical (unpaired) electrons. The molecular formula is C14H19NO2. The Kier molecular flexibility index (Phi) is 3.79. The number of hydrogen-bond donors (Lipinski definition) is 1. The minimum Gasteiger partial charge on any atom is -0.391 e. The highest BCUT2D eigenvalue weighted by atomic mass is 16.3. The Labute approximate surface area is 102 Å². The zero-order valence-electron chi connectivity index (χ0n) is 10.2. The van der Waals surface area contributed by atoms with Crippen molar-refractivity contribution in [2.75, 3.05) is 13.1 Å². The van der Waals surface area contributed by atoms with Gasteiger partial charge in [-0.3, -0.25) is 4.79 Å². The third-order valence-electron chi connectivity index (χ3n) is 3.38. The molecule has 0 aromatic heterocycles. The first kappa shape index (κ1) is 12.1. The van der Waals surface area contributed by atoms with E-state index in [-0.39, 0.29) is 17.9 Å². The molecule has 2 unspecified atom stereocenters. The van der Waals surface area contributed by atoms with Gasteiger partial charge in [-0.2, -0.15) is 0 Å². The SMILES string of the molecule is CC(C(=O)N1CCCC(O)C1)c1ccccc1. The van der Waals surface area contributed by atoms with E-state index in [2.05, 4.69) is 0 Å². The molecule has 0 saturated carbocycles. The lowest BCUT2D eigenvalue weighted by molar-refractivity contribution is -0.135. The summed E-state index contributed by atoms with van der Waals surface area (Å²) in [5, 5.41) is 9.59. The lowest BCUT2D eigenvalue weighted by atomic mass is 9.98. The smallest absolute Gasteiger partial charge is 0.229 e. The van der Waals surface area contributed by atoms with Crippen molar-refractivity contribution in [3.63, 3.8) is 0 Å². The fourth-order valence-corrected chi connectivity index (χ4v) is 2.31. The third kappa shape index (κ3) is 2.86. The number of aliphatic hydroxyl groups excluding tert-OH is 1. The molecule has 1 N–H and O–H groups in total. The Balaban J connectivity index is 2.04. The van der Waals surface area contributed by atoms with Crippen LogP contribution in [0, 0.1) is 0 Å². The normalized spacial score (nSPS) is 22.2. The first-order chi connectivity index (χ1) is 8.18. The number of hydrogen-bond acceptors (Lipinski definition) is 2. The predicted molar refractivity (Wildman–Crippen MR) is 66.7 cm³/mol. The van der Waals surface area contributed by atoms with Crippen LogP contribution in [0.2, 0.25) is 0 Å². The van der Waals surface area contributed by atoms with E-state index in [0.717, 1.165) is 24.9 Å². The number of carbonyl (C=O) groups is 1. The summed E-state index contributed by atoms with van der Waals surface area (Å²) in [6.45, 7) is 3.18. The molecule has 2 rings (SSSR count). The zero-order valence-corrected chi connectivity index (χ0v) is 10.2. The fourth-order valence-electron chi connectivity index (χ4n) is 2.31. The van der Waals surface area contributed by atoms with E-state index < -0.39 is 0 Å². The first-order valence-corrected chi connectivity index (χ1v) is 6.20.